The minimum Gasteiger partial charge on any atom is -0.394 e. The highest BCUT2D eigenvalue weighted by Gasteiger charge is 2.12. The second-order valence-electron chi connectivity index (χ2n) is 6.43. The molecule has 0 unspecified atom stereocenters. The molecule has 3 aromatic heterocycles. The van der Waals surface area contributed by atoms with Gasteiger partial charge in [-0.25, -0.2) is 25.0 Å². The van der Waals surface area contributed by atoms with Gasteiger partial charge in [0.1, 0.15) is 11.6 Å². The van der Waals surface area contributed by atoms with Gasteiger partial charge in [-0.2, -0.15) is 10.2 Å². The summed E-state index contributed by atoms with van der Waals surface area (Å²) in [4.78, 5) is 13.9. The number of nitrogens with zero attached hydrogens (tertiary/aromatic N) is 7. The van der Waals surface area contributed by atoms with E-state index in [0.717, 1.165) is 0 Å². The highest BCUT2D eigenvalue weighted by atomic mass is 16.3. The van der Waals surface area contributed by atoms with Crippen LogP contribution in [0.15, 0.2) is 64.8 Å². The summed E-state index contributed by atoms with van der Waals surface area (Å²) in [5.41, 5.74) is 2.60. The summed E-state index contributed by atoms with van der Waals surface area (Å²) in [6.45, 7) is 0.415. The molecular weight excluding hydrogens is 382 g/mol. The van der Waals surface area contributed by atoms with Crippen LogP contribution in [0.25, 0.3) is 11.4 Å². The van der Waals surface area contributed by atoms with Gasteiger partial charge in [0.15, 0.2) is 0 Å². The average molecular weight is 403 g/mol. The summed E-state index contributed by atoms with van der Waals surface area (Å²) >= 11 is 0. The molecule has 0 radical (unpaired) electrons. The lowest BCUT2D eigenvalue weighted by Gasteiger charge is -2.18. The van der Waals surface area contributed by atoms with E-state index in [9.17, 15) is 10.2 Å². The van der Waals surface area contributed by atoms with Gasteiger partial charge in [0.2, 0.25) is 0 Å². The Bertz CT molecular complexity index is 990. The Hall–Kier alpha value is -3.69. The fourth-order valence-corrected chi connectivity index (χ4v) is 2.94. The average Bonchev–Trinajstić information content (AvgIpc) is 2.79. The monoisotopic (exact) mass is 403 g/mol. The minimum absolute atomic E-state index is 0.0762. The largest absolute Gasteiger partial charge is 0.394 e. The molecule has 9 nitrogen and oxygen atoms in total. The SMILES string of the molecule is OCCN1/N=C/c2cccc(n2)/C=N/N(CCO)c2cccc(n2)-c2cccc1n2. The number of fused-ring (bicyclic) bond motifs is 7. The molecule has 2 N–H and O–H groups in total. The van der Waals surface area contributed by atoms with E-state index in [1.807, 2.05) is 54.6 Å². The van der Waals surface area contributed by atoms with Crippen LogP contribution >= 0.6 is 0 Å². The Morgan fingerprint density at radius 2 is 1.07 bits per heavy atom. The maximum atomic E-state index is 9.47. The third-order valence-electron chi connectivity index (χ3n) is 4.33. The zero-order valence-electron chi connectivity index (χ0n) is 16.2. The fraction of sp³-hybridized carbons (Fsp3) is 0.190. The van der Waals surface area contributed by atoms with Crippen LogP contribution in [0.1, 0.15) is 11.4 Å². The number of β-amino-alcohol motifs (C(OH)–C–C–N with tert-alkyl or cyclic N) is 2. The van der Waals surface area contributed by atoms with Crippen LogP contribution in [0.3, 0.4) is 0 Å². The van der Waals surface area contributed by atoms with Gasteiger partial charge in [-0.15, -0.1) is 0 Å². The lowest BCUT2D eigenvalue weighted by molar-refractivity contribution is 0.302. The molecule has 30 heavy (non-hydrogen) atoms. The molecule has 9 heteroatoms. The minimum atomic E-state index is -0.0762. The first-order chi connectivity index (χ1) is 14.8. The first kappa shape index (κ1) is 19.6. The first-order valence-electron chi connectivity index (χ1n) is 9.53. The molecule has 6 bridgehead atoms. The van der Waals surface area contributed by atoms with Crippen molar-refractivity contribution in [3.63, 3.8) is 0 Å². The van der Waals surface area contributed by atoms with E-state index in [0.29, 0.717) is 34.4 Å². The van der Waals surface area contributed by atoms with Crippen molar-refractivity contribution in [2.24, 2.45) is 10.2 Å². The molecule has 1 aliphatic rings. The van der Waals surface area contributed by atoms with E-state index < -0.39 is 0 Å². The van der Waals surface area contributed by atoms with Crippen LogP contribution in [-0.2, 0) is 0 Å². The first-order valence-corrected chi connectivity index (χ1v) is 9.53. The van der Waals surface area contributed by atoms with Crippen molar-refractivity contribution in [2.45, 2.75) is 0 Å². The highest BCUT2D eigenvalue weighted by molar-refractivity contribution is 5.82. The maximum Gasteiger partial charge on any atom is 0.149 e. The molecule has 0 fully saturated rings. The number of hydrogen-bond donors (Lipinski definition) is 2. The molecule has 0 aliphatic carbocycles. The molecule has 0 saturated carbocycles. The Morgan fingerprint density at radius 1 is 0.600 bits per heavy atom. The number of anilines is 2. The molecule has 4 rings (SSSR count). The highest BCUT2D eigenvalue weighted by Crippen LogP contribution is 2.22. The van der Waals surface area contributed by atoms with Crippen molar-refractivity contribution in [3.05, 3.63) is 66.0 Å². The van der Waals surface area contributed by atoms with Gasteiger partial charge in [0, 0.05) is 0 Å². The number of hydrogen-bond acceptors (Lipinski definition) is 9. The number of pyridine rings is 3. The lowest BCUT2D eigenvalue weighted by atomic mass is 10.2. The van der Waals surface area contributed by atoms with Gasteiger partial charge < -0.3 is 10.2 Å². The van der Waals surface area contributed by atoms with Gasteiger partial charge in [0.25, 0.3) is 0 Å². The number of aliphatic hydroxyl groups is 2. The summed E-state index contributed by atoms with van der Waals surface area (Å²) in [7, 11) is 0. The van der Waals surface area contributed by atoms with E-state index in [1.54, 1.807) is 22.4 Å². The molecule has 3 aromatic rings. The van der Waals surface area contributed by atoms with Crippen LogP contribution in [0, 0.1) is 0 Å². The lowest BCUT2D eigenvalue weighted by Crippen LogP contribution is -2.22. The molecule has 1 aliphatic heterocycles. The van der Waals surface area contributed by atoms with Gasteiger partial charge in [-0.3, -0.25) is 0 Å². The summed E-state index contributed by atoms with van der Waals surface area (Å²) in [5, 5.41) is 31.1. The van der Waals surface area contributed by atoms with Crippen molar-refractivity contribution in [1.29, 1.82) is 0 Å². The topological polar surface area (TPSA) is 110 Å². The van der Waals surface area contributed by atoms with Crippen LogP contribution in [-0.4, -0.2) is 63.9 Å². The predicted octanol–water partition coefficient (Wildman–Crippen LogP) is 1.52. The number of aromatic nitrogens is 3. The van der Waals surface area contributed by atoms with Crippen LogP contribution < -0.4 is 10.0 Å². The van der Waals surface area contributed by atoms with Gasteiger partial charge in [-0.1, -0.05) is 18.2 Å². The standard InChI is InChI=1S/C21H21N7O2/c29-12-10-27-20-8-2-6-18(25-20)19-7-3-9-21(26-19)28(11-13-30)23-15-17-5-1-4-16(24-17)14-22-27/h1-9,14-15,29-30H,10-13H2/b22-14+,23-15+. The summed E-state index contributed by atoms with van der Waals surface area (Å²) in [5.74, 6) is 1.17. The molecular formula is C21H21N7O2. The number of hydrazone groups is 2. The Morgan fingerprint density at radius 3 is 1.53 bits per heavy atom. The Balaban J connectivity index is 1.87. The predicted molar refractivity (Wildman–Crippen MR) is 116 cm³/mol. The molecule has 0 aromatic carbocycles. The van der Waals surface area contributed by atoms with Crippen molar-refractivity contribution in [1.82, 2.24) is 15.0 Å². The molecule has 0 spiro atoms. The van der Waals surface area contributed by atoms with Gasteiger partial charge in [-0.05, 0) is 36.4 Å². The second-order valence-corrected chi connectivity index (χ2v) is 6.43. The zero-order chi connectivity index (χ0) is 20.8. The van der Waals surface area contributed by atoms with Crippen molar-refractivity contribution < 1.29 is 10.2 Å². The van der Waals surface area contributed by atoms with Crippen molar-refractivity contribution in [2.75, 3.05) is 36.3 Å². The summed E-state index contributed by atoms with van der Waals surface area (Å²) in [6, 6.07) is 16.6. The molecule has 4 heterocycles. The Kier molecular flexibility index (Phi) is 6.02. The fourth-order valence-electron chi connectivity index (χ4n) is 2.94. The van der Waals surface area contributed by atoms with E-state index in [1.165, 1.54) is 0 Å². The van der Waals surface area contributed by atoms with Gasteiger partial charge >= 0.3 is 0 Å². The number of aliphatic hydroxyl groups excluding tert-OH is 2. The van der Waals surface area contributed by atoms with Crippen molar-refractivity contribution >= 4 is 24.1 Å². The van der Waals surface area contributed by atoms with Crippen molar-refractivity contribution in [3.8, 4) is 11.4 Å². The van der Waals surface area contributed by atoms with E-state index >= 15 is 0 Å². The van der Waals surface area contributed by atoms with E-state index in [-0.39, 0.29) is 26.3 Å². The van der Waals surface area contributed by atoms with Crippen LogP contribution in [0.5, 0.6) is 0 Å². The second kappa shape index (κ2) is 9.21. The Labute approximate surface area is 173 Å². The number of rotatable bonds is 4. The van der Waals surface area contributed by atoms with Gasteiger partial charge in [0.05, 0.1) is 61.5 Å². The van der Waals surface area contributed by atoms with Crippen LogP contribution in [0.4, 0.5) is 11.6 Å². The van der Waals surface area contributed by atoms with E-state index in [2.05, 4.69) is 25.2 Å². The molecule has 0 amide bonds. The quantitative estimate of drug-likeness (QED) is 0.679. The molecule has 152 valence electrons. The molecule has 0 saturated heterocycles. The molecule has 0 atom stereocenters. The normalized spacial score (nSPS) is 15.3. The summed E-state index contributed by atoms with van der Waals surface area (Å²) < 4.78 is 0. The third kappa shape index (κ3) is 4.48. The third-order valence-corrected chi connectivity index (χ3v) is 4.33. The van der Waals surface area contributed by atoms with Crippen LogP contribution in [0.2, 0.25) is 0 Å². The summed E-state index contributed by atoms with van der Waals surface area (Å²) in [6.07, 6.45) is 3.23. The maximum absolute atomic E-state index is 9.47. The smallest absolute Gasteiger partial charge is 0.149 e. The zero-order valence-corrected chi connectivity index (χ0v) is 16.2. The van der Waals surface area contributed by atoms with E-state index in [4.69, 9.17) is 0 Å².